The molecule has 4 rings (SSSR count). The van der Waals surface area contributed by atoms with Crippen LogP contribution in [-0.4, -0.2) is 59.3 Å². The normalized spacial score (nSPS) is 14.2. The number of aromatic nitrogens is 3. The number of methoxy groups -OCH3 is 1. The third-order valence-corrected chi connectivity index (χ3v) is 6.07. The molecule has 0 N–H and O–H groups in total. The van der Waals surface area contributed by atoms with Gasteiger partial charge in [0.2, 0.25) is 0 Å². The lowest BCUT2D eigenvalue weighted by molar-refractivity contribution is 0.0750. The minimum atomic E-state index is 0.0761. The van der Waals surface area contributed by atoms with Gasteiger partial charge in [-0.25, -0.2) is 4.98 Å². The van der Waals surface area contributed by atoms with Gasteiger partial charge in [0.1, 0.15) is 10.6 Å². The first-order valence-electron chi connectivity index (χ1n) is 9.51. The molecule has 8 heteroatoms. The maximum Gasteiger partial charge on any atom is 0.265 e. The van der Waals surface area contributed by atoms with Crippen LogP contribution in [0.5, 0.6) is 5.75 Å². The molecule has 29 heavy (non-hydrogen) atoms. The highest BCUT2D eigenvalue weighted by molar-refractivity contribution is 7.13. The standard InChI is InChI=1S/C21H23N5O2S/c1-14-20(29-15(2)22-14)21(27)26-11-9-25(10-12-26)19-8-7-18(23-24-19)16-5-4-6-17(13-16)28-3/h4-8,13H,9-12H2,1-3H3. The number of piperazine rings is 1. The van der Waals surface area contributed by atoms with E-state index in [2.05, 4.69) is 20.1 Å². The highest BCUT2D eigenvalue weighted by atomic mass is 32.1. The predicted octanol–water partition coefficient (Wildman–Crippen LogP) is 3.19. The molecule has 3 heterocycles. The molecule has 0 radical (unpaired) electrons. The molecule has 1 aliphatic rings. The van der Waals surface area contributed by atoms with Crippen molar-refractivity contribution in [1.29, 1.82) is 0 Å². The Balaban J connectivity index is 1.41. The molecule has 1 aliphatic heterocycles. The third-order valence-electron chi connectivity index (χ3n) is 5.00. The topological polar surface area (TPSA) is 71.5 Å². The van der Waals surface area contributed by atoms with Gasteiger partial charge in [-0.15, -0.1) is 21.5 Å². The third kappa shape index (κ3) is 4.07. The summed E-state index contributed by atoms with van der Waals surface area (Å²) in [6, 6.07) is 11.7. The summed E-state index contributed by atoms with van der Waals surface area (Å²) in [5, 5.41) is 9.71. The van der Waals surface area contributed by atoms with E-state index in [1.165, 1.54) is 11.3 Å². The predicted molar refractivity (Wildman–Crippen MR) is 114 cm³/mol. The van der Waals surface area contributed by atoms with E-state index in [4.69, 9.17) is 4.74 Å². The smallest absolute Gasteiger partial charge is 0.265 e. The van der Waals surface area contributed by atoms with Gasteiger partial charge in [-0.2, -0.15) is 0 Å². The van der Waals surface area contributed by atoms with Crippen LogP contribution in [-0.2, 0) is 0 Å². The van der Waals surface area contributed by atoms with E-state index in [9.17, 15) is 4.79 Å². The molecular weight excluding hydrogens is 386 g/mol. The molecule has 0 unspecified atom stereocenters. The lowest BCUT2D eigenvalue weighted by Crippen LogP contribution is -2.49. The largest absolute Gasteiger partial charge is 0.497 e. The van der Waals surface area contributed by atoms with Gasteiger partial charge in [-0.1, -0.05) is 12.1 Å². The molecule has 0 atom stereocenters. The quantitative estimate of drug-likeness (QED) is 0.659. The summed E-state index contributed by atoms with van der Waals surface area (Å²) in [6.45, 7) is 6.61. The minimum Gasteiger partial charge on any atom is -0.497 e. The van der Waals surface area contributed by atoms with Gasteiger partial charge in [0.15, 0.2) is 5.82 Å². The molecule has 150 valence electrons. The summed E-state index contributed by atoms with van der Waals surface area (Å²) in [6.07, 6.45) is 0. The number of nitrogens with zero attached hydrogens (tertiary/aromatic N) is 5. The summed E-state index contributed by atoms with van der Waals surface area (Å²) in [5.74, 6) is 1.70. The van der Waals surface area contributed by atoms with E-state index in [-0.39, 0.29) is 5.91 Å². The highest BCUT2D eigenvalue weighted by Gasteiger charge is 2.25. The molecule has 1 aromatic carbocycles. The first kappa shape index (κ1) is 19.3. The summed E-state index contributed by atoms with van der Waals surface area (Å²) in [7, 11) is 1.65. The fourth-order valence-electron chi connectivity index (χ4n) is 3.44. The molecule has 0 spiro atoms. The highest BCUT2D eigenvalue weighted by Crippen LogP contribution is 2.24. The minimum absolute atomic E-state index is 0.0761. The van der Waals surface area contributed by atoms with Crippen LogP contribution in [0.1, 0.15) is 20.4 Å². The van der Waals surface area contributed by atoms with Gasteiger partial charge in [-0.05, 0) is 38.1 Å². The average Bonchev–Trinajstić information content (AvgIpc) is 3.11. The van der Waals surface area contributed by atoms with Crippen LogP contribution in [0.15, 0.2) is 36.4 Å². The Morgan fingerprint density at radius 3 is 2.48 bits per heavy atom. The monoisotopic (exact) mass is 409 g/mol. The van der Waals surface area contributed by atoms with Crippen molar-refractivity contribution in [2.75, 3.05) is 38.2 Å². The molecule has 2 aromatic heterocycles. The Kier molecular flexibility index (Phi) is 5.44. The van der Waals surface area contributed by atoms with Crippen LogP contribution >= 0.6 is 11.3 Å². The summed E-state index contributed by atoms with van der Waals surface area (Å²) in [4.78, 5) is 21.9. The number of carbonyl (C=O) groups is 1. The summed E-state index contributed by atoms with van der Waals surface area (Å²) in [5.41, 5.74) is 2.59. The van der Waals surface area contributed by atoms with E-state index in [0.717, 1.165) is 51.5 Å². The zero-order chi connectivity index (χ0) is 20.4. The van der Waals surface area contributed by atoms with Crippen molar-refractivity contribution in [3.8, 4) is 17.0 Å². The van der Waals surface area contributed by atoms with Crippen LogP contribution in [0.4, 0.5) is 5.82 Å². The Labute approximate surface area is 174 Å². The van der Waals surface area contributed by atoms with Crippen molar-refractivity contribution in [3.63, 3.8) is 0 Å². The SMILES string of the molecule is COc1cccc(-c2ccc(N3CCN(C(=O)c4sc(C)nc4C)CC3)nn2)c1. The number of rotatable bonds is 4. The van der Waals surface area contributed by atoms with E-state index < -0.39 is 0 Å². The number of aryl methyl sites for hydroxylation is 2. The first-order valence-corrected chi connectivity index (χ1v) is 10.3. The van der Waals surface area contributed by atoms with E-state index in [0.29, 0.717) is 13.1 Å². The van der Waals surface area contributed by atoms with Crippen molar-refractivity contribution in [3.05, 3.63) is 52.0 Å². The molecule has 1 amide bonds. The number of hydrogen-bond acceptors (Lipinski definition) is 7. The maximum absolute atomic E-state index is 12.8. The number of ether oxygens (including phenoxy) is 1. The molecule has 0 aliphatic carbocycles. The van der Waals surface area contributed by atoms with E-state index in [1.807, 2.05) is 55.1 Å². The van der Waals surface area contributed by atoms with Crippen molar-refractivity contribution >= 4 is 23.1 Å². The van der Waals surface area contributed by atoms with Crippen LogP contribution in [0.2, 0.25) is 0 Å². The number of benzene rings is 1. The summed E-state index contributed by atoms with van der Waals surface area (Å²) < 4.78 is 5.27. The van der Waals surface area contributed by atoms with Gasteiger partial charge in [0.25, 0.3) is 5.91 Å². The van der Waals surface area contributed by atoms with Crippen molar-refractivity contribution < 1.29 is 9.53 Å². The Hall–Kier alpha value is -3.00. The fourth-order valence-corrected chi connectivity index (χ4v) is 4.33. The van der Waals surface area contributed by atoms with Gasteiger partial charge in [0.05, 0.1) is 23.5 Å². The second-order valence-electron chi connectivity index (χ2n) is 6.94. The average molecular weight is 410 g/mol. The van der Waals surface area contributed by atoms with Gasteiger partial charge in [-0.3, -0.25) is 4.79 Å². The molecular formula is C21H23N5O2S. The Bertz CT molecular complexity index is 1010. The maximum atomic E-state index is 12.8. The van der Waals surface area contributed by atoms with Crippen LogP contribution in [0, 0.1) is 13.8 Å². The van der Waals surface area contributed by atoms with Crippen LogP contribution < -0.4 is 9.64 Å². The van der Waals surface area contributed by atoms with Gasteiger partial charge >= 0.3 is 0 Å². The second-order valence-corrected chi connectivity index (χ2v) is 8.14. The lowest BCUT2D eigenvalue weighted by Gasteiger charge is -2.35. The van der Waals surface area contributed by atoms with Gasteiger partial charge < -0.3 is 14.5 Å². The fraction of sp³-hybridized carbons (Fsp3) is 0.333. The number of amides is 1. The van der Waals surface area contributed by atoms with Gasteiger partial charge in [0, 0.05) is 31.7 Å². The Morgan fingerprint density at radius 2 is 1.86 bits per heavy atom. The number of thiazole rings is 1. The first-order chi connectivity index (χ1) is 14.0. The number of carbonyl (C=O) groups excluding carboxylic acids is 1. The molecule has 7 nitrogen and oxygen atoms in total. The second kappa shape index (κ2) is 8.16. The van der Waals surface area contributed by atoms with Crippen LogP contribution in [0.3, 0.4) is 0 Å². The summed E-state index contributed by atoms with van der Waals surface area (Å²) >= 11 is 1.47. The molecule has 0 saturated carbocycles. The molecule has 0 bridgehead atoms. The van der Waals surface area contributed by atoms with E-state index >= 15 is 0 Å². The van der Waals surface area contributed by atoms with Crippen molar-refractivity contribution in [2.24, 2.45) is 0 Å². The van der Waals surface area contributed by atoms with Crippen LogP contribution in [0.25, 0.3) is 11.3 Å². The van der Waals surface area contributed by atoms with Crippen molar-refractivity contribution in [1.82, 2.24) is 20.1 Å². The molecule has 1 saturated heterocycles. The molecule has 1 fully saturated rings. The zero-order valence-corrected chi connectivity index (χ0v) is 17.6. The zero-order valence-electron chi connectivity index (χ0n) is 16.8. The number of hydrogen-bond donors (Lipinski definition) is 0. The number of anilines is 1. The lowest BCUT2D eigenvalue weighted by atomic mass is 10.1. The van der Waals surface area contributed by atoms with E-state index in [1.54, 1.807) is 7.11 Å². The Morgan fingerprint density at radius 1 is 1.07 bits per heavy atom. The molecule has 3 aromatic rings. The van der Waals surface area contributed by atoms with Crippen molar-refractivity contribution in [2.45, 2.75) is 13.8 Å².